The predicted octanol–water partition coefficient (Wildman–Crippen LogP) is 2.71. The van der Waals surface area contributed by atoms with E-state index in [0.717, 1.165) is 5.69 Å². The highest BCUT2D eigenvalue weighted by Crippen LogP contribution is 2.23. The normalized spacial score (nSPS) is 22.3. The third kappa shape index (κ3) is 4.51. The van der Waals surface area contributed by atoms with Crippen LogP contribution in [-0.2, 0) is 4.74 Å². The van der Waals surface area contributed by atoms with Crippen LogP contribution in [0.5, 0.6) is 0 Å². The second kappa shape index (κ2) is 6.42. The first-order valence-electron chi connectivity index (χ1n) is 7.49. The lowest BCUT2D eigenvalue weighted by molar-refractivity contribution is 0.0463. The SMILES string of the molecule is CC(C)(C)OC(=O)NC1CCN(c2ccc(N)cc2)CC1F. The van der Waals surface area contributed by atoms with E-state index in [1.807, 2.05) is 17.0 Å². The number of carbonyl (C=O) groups excluding carboxylic acids is 1. The Balaban J connectivity index is 1.90. The fourth-order valence-corrected chi connectivity index (χ4v) is 2.45. The molecule has 1 aliphatic heterocycles. The van der Waals surface area contributed by atoms with Crippen LogP contribution in [-0.4, -0.2) is 37.0 Å². The minimum absolute atomic E-state index is 0.240. The molecule has 2 atom stereocenters. The van der Waals surface area contributed by atoms with Gasteiger partial charge in [0.25, 0.3) is 0 Å². The Kier molecular flexibility index (Phi) is 4.78. The summed E-state index contributed by atoms with van der Waals surface area (Å²) in [6.45, 7) is 6.25. The average molecular weight is 309 g/mol. The molecule has 1 saturated heterocycles. The van der Waals surface area contributed by atoms with Crippen molar-refractivity contribution in [3.63, 3.8) is 0 Å². The number of rotatable bonds is 2. The lowest BCUT2D eigenvalue weighted by atomic mass is 10.0. The van der Waals surface area contributed by atoms with Crippen LogP contribution in [0.4, 0.5) is 20.6 Å². The number of piperidine rings is 1. The fourth-order valence-electron chi connectivity index (χ4n) is 2.45. The van der Waals surface area contributed by atoms with E-state index in [1.165, 1.54) is 0 Å². The van der Waals surface area contributed by atoms with Crippen LogP contribution in [0, 0.1) is 0 Å². The van der Waals surface area contributed by atoms with E-state index in [-0.39, 0.29) is 6.54 Å². The van der Waals surface area contributed by atoms with Gasteiger partial charge in [-0.25, -0.2) is 9.18 Å². The summed E-state index contributed by atoms with van der Waals surface area (Å²) < 4.78 is 19.5. The Bertz CT molecular complexity index is 513. The monoisotopic (exact) mass is 309 g/mol. The number of alkyl halides is 1. The number of nitrogens with zero attached hydrogens (tertiary/aromatic N) is 1. The minimum atomic E-state index is -1.14. The van der Waals surface area contributed by atoms with E-state index in [1.54, 1.807) is 32.9 Å². The smallest absolute Gasteiger partial charge is 0.407 e. The molecule has 0 spiro atoms. The first-order chi connectivity index (χ1) is 10.2. The number of carbonyl (C=O) groups is 1. The Hall–Kier alpha value is -1.98. The van der Waals surface area contributed by atoms with Crippen molar-refractivity contribution in [2.45, 2.75) is 45.0 Å². The molecule has 2 unspecified atom stereocenters. The van der Waals surface area contributed by atoms with Crippen molar-refractivity contribution in [3.05, 3.63) is 24.3 Å². The molecule has 6 heteroatoms. The summed E-state index contributed by atoms with van der Waals surface area (Å²) in [6.07, 6.45) is -1.18. The molecule has 1 aromatic rings. The first kappa shape index (κ1) is 16.4. The minimum Gasteiger partial charge on any atom is -0.444 e. The topological polar surface area (TPSA) is 67.6 Å². The van der Waals surface area contributed by atoms with Gasteiger partial charge in [-0.2, -0.15) is 0 Å². The van der Waals surface area contributed by atoms with Crippen LogP contribution in [0.3, 0.4) is 0 Å². The van der Waals surface area contributed by atoms with Gasteiger partial charge in [0.2, 0.25) is 0 Å². The van der Waals surface area contributed by atoms with Gasteiger partial charge in [-0.1, -0.05) is 0 Å². The summed E-state index contributed by atoms with van der Waals surface area (Å²) in [6, 6.07) is 6.84. The van der Waals surface area contributed by atoms with Crippen molar-refractivity contribution in [3.8, 4) is 0 Å². The molecular weight excluding hydrogens is 285 g/mol. The highest BCUT2D eigenvalue weighted by Gasteiger charge is 2.31. The van der Waals surface area contributed by atoms with Gasteiger partial charge in [0.1, 0.15) is 11.8 Å². The summed E-state index contributed by atoms with van der Waals surface area (Å²) in [5, 5.41) is 2.62. The van der Waals surface area contributed by atoms with E-state index >= 15 is 0 Å². The van der Waals surface area contributed by atoms with Gasteiger partial charge >= 0.3 is 6.09 Å². The van der Waals surface area contributed by atoms with E-state index in [2.05, 4.69) is 5.32 Å². The molecule has 1 aliphatic rings. The van der Waals surface area contributed by atoms with Gasteiger partial charge in [-0.3, -0.25) is 0 Å². The number of nitrogens with two attached hydrogens (primary N) is 1. The Labute approximate surface area is 130 Å². The maximum Gasteiger partial charge on any atom is 0.407 e. The van der Waals surface area contributed by atoms with Gasteiger partial charge < -0.3 is 20.7 Å². The number of hydrogen-bond donors (Lipinski definition) is 2. The van der Waals surface area contributed by atoms with Crippen LogP contribution in [0.25, 0.3) is 0 Å². The summed E-state index contributed by atoms with van der Waals surface area (Å²) >= 11 is 0. The molecule has 1 heterocycles. The van der Waals surface area contributed by atoms with Gasteiger partial charge in [0.05, 0.1) is 12.6 Å². The molecule has 0 bridgehead atoms. The Morgan fingerprint density at radius 3 is 2.55 bits per heavy atom. The third-order valence-corrected chi connectivity index (χ3v) is 3.50. The van der Waals surface area contributed by atoms with E-state index in [9.17, 15) is 9.18 Å². The second-order valence-electron chi connectivity index (χ2n) is 6.59. The van der Waals surface area contributed by atoms with Crippen molar-refractivity contribution >= 4 is 17.5 Å². The number of amides is 1. The molecule has 0 saturated carbocycles. The number of nitrogen functional groups attached to an aromatic ring is 1. The highest BCUT2D eigenvalue weighted by atomic mass is 19.1. The van der Waals surface area contributed by atoms with Crippen LogP contribution in [0.2, 0.25) is 0 Å². The van der Waals surface area contributed by atoms with E-state index in [4.69, 9.17) is 10.5 Å². The molecule has 0 aromatic heterocycles. The van der Waals surface area contributed by atoms with Gasteiger partial charge in [0, 0.05) is 17.9 Å². The van der Waals surface area contributed by atoms with Crippen LogP contribution in [0.15, 0.2) is 24.3 Å². The van der Waals surface area contributed by atoms with Gasteiger partial charge in [0.15, 0.2) is 0 Å². The largest absolute Gasteiger partial charge is 0.444 e. The first-order valence-corrected chi connectivity index (χ1v) is 7.49. The van der Waals surface area contributed by atoms with Crippen molar-refractivity contribution in [1.82, 2.24) is 5.32 Å². The van der Waals surface area contributed by atoms with Crippen LogP contribution < -0.4 is 16.0 Å². The summed E-state index contributed by atoms with van der Waals surface area (Å²) in [5.41, 5.74) is 6.69. The molecule has 0 aliphatic carbocycles. The number of benzene rings is 1. The molecule has 122 valence electrons. The number of anilines is 2. The van der Waals surface area contributed by atoms with Crippen LogP contribution in [0.1, 0.15) is 27.2 Å². The quantitative estimate of drug-likeness (QED) is 0.824. The lowest BCUT2D eigenvalue weighted by Crippen LogP contribution is -2.53. The molecular formula is C16H24FN3O2. The number of ether oxygens (including phenoxy) is 1. The molecule has 1 amide bonds. The van der Waals surface area contributed by atoms with E-state index < -0.39 is 23.9 Å². The lowest BCUT2D eigenvalue weighted by Gasteiger charge is -2.36. The zero-order chi connectivity index (χ0) is 16.3. The second-order valence-corrected chi connectivity index (χ2v) is 6.59. The number of halogens is 1. The molecule has 1 fully saturated rings. The van der Waals surface area contributed by atoms with Gasteiger partial charge in [-0.15, -0.1) is 0 Å². The van der Waals surface area contributed by atoms with E-state index in [0.29, 0.717) is 18.7 Å². The number of nitrogens with one attached hydrogen (secondary N) is 1. The molecule has 3 N–H and O–H groups in total. The third-order valence-electron chi connectivity index (χ3n) is 3.50. The molecule has 5 nitrogen and oxygen atoms in total. The maximum absolute atomic E-state index is 14.3. The fraction of sp³-hybridized carbons (Fsp3) is 0.562. The zero-order valence-electron chi connectivity index (χ0n) is 13.3. The Morgan fingerprint density at radius 2 is 2.00 bits per heavy atom. The number of hydrogen-bond acceptors (Lipinski definition) is 4. The predicted molar refractivity (Wildman–Crippen MR) is 85.7 cm³/mol. The van der Waals surface area contributed by atoms with Crippen LogP contribution >= 0.6 is 0 Å². The highest BCUT2D eigenvalue weighted by molar-refractivity contribution is 5.68. The van der Waals surface area contributed by atoms with Crippen molar-refractivity contribution < 1.29 is 13.9 Å². The zero-order valence-corrected chi connectivity index (χ0v) is 13.3. The average Bonchev–Trinajstić information content (AvgIpc) is 2.40. The molecule has 0 radical (unpaired) electrons. The molecule has 1 aromatic carbocycles. The van der Waals surface area contributed by atoms with Crippen molar-refractivity contribution in [2.24, 2.45) is 0 Å². The van der Waals surface area contributed by atoms with Crippen molar-refractivity contribution in [2.75, 3.05) is 23.7 Å². The van der Waals surface area contributed by atoms with Crippen molar-refractivity contribution in [1.29, 1.82) is 0 Å². The number of alkyl carbamates (subject to hydrolysis) is 1. The summed E-state index contributed by atoms with van der Waals surface area (Å²) in [4.78, 5) is 13.7. The molecule has 2 rings (SSSR count). The Morgan fingerprint density at radius 1 is 1.36 bits per heavy atom. The molecule has 22 heavy (non-hydrogen) atoms. The summed E-state index contributed by atoms with van der Waals surface area (Å²) in [7, 11) is 0. The maximum atomic E-state index is 14.3. The van der Waals surface area contributed by atoms with Gasteiger partial charge in [-0.05, 0) is 51.5 Å². The standard InChI is InChI=1S/C16H24FN3O2/c1-16(2,3)22-15(21)19-14-8-9-20(10-13(14)17)12-6-4-11(18)5-7-12/h4-7,13-14H,8-10,18H2,1-3H3,(H,19,21). The summed E-state index contributed by atoms with van der Waals surface area (Å²) in [5.74, 6) is 0.